The average Bonchev–Trinajstić information content (AvgIpc) is 3.40. The third kappa shape index (κ3) is 3.96. The fourth-order valence-corrected chi connectivity index (χ4v) is 4.46. The quantitative estimate of drug-likeness (QED) is 0.433. The minimum absolute atomic E-state index is 0.178. The lowest BCUT2D eigenvalue weighted by atomic mass is 10.2. The Balaban J connectivity index is 1.85. The van der Waals surface area contributed by atoms with E-state index in [1.54, 1.807) is 42.3 Å². The number of fused-ring (bicyclic) bond motifs is 1. The molecular weight excluding hydrogens is 414 g/mol. The summed E-state index contributed by atoms with van der Waals surface area (Å²) in [6, 6.07) is 9.24. The number of hydrogen-bond donors (Lipinski definition) is 0. The van der Waals surface area contributed by atoms with E-state index in [1.165, 1.54) is 11.3 Å². The Kier molecular flexibility index (Phi) is 5.85. The molecule has 4 aromatic rings. The van der Waals surface area contributed by atoms with E-state index in [2.05, 4.69) is 10.1 Å². The van der Waals surface area contributed by atoms with Crippen LogP contribution in [0.2, 0.25) is 0 Å². The van der Waals surface area contributed by atoms with Crippen LogP contribution in [0.15, 0.2) is 42.7 Å². The van der Waals surface area contributed by atoms with E-state index in [0.717, 1.165) is 16.0 Å². The van der Waals surface area contributed by atoms with Gasteiger partial charge in [0.2, 0.25) is 0 Å². The number of pyridine rings is 1. The lowest BCUT2D eigenvalue weighted by molar-refractivity contribution is 0.0975. The van der Waals surface area contributed by atoms with Crippen LogP contribution < -0.4 is 14.4 Å². The summed E-state index contributed by atoms with van der Waals surface area (Å²) in [7, 11) is 3.21. The first-order valence-corrected chi connectivity index (χ1v) is 10.6. The van der Waals surface area contributed by atoms with Gasteiger partial charge in [0.15, 0.2) is 5.13 Å². The summed E-state index contributed by atoms with van der Waals surface area (Å²) >= 11 is 1.39. The van der Waals surface area contributed by atoms with Crippen LogP contribution in [0.1, 0.15) is 28.7 Å². The number of aryl methyl sites for hydroxylation is 2. The molecular formula is C22H23N5O3S. The molecule has 8 nitrogen and oxygen atoms in total. The Labute approximate surface area is 184 Å². The van der Waals surface area contributed by atoms with Gasteiger partial charge in [0, 0.05) is 18.9 Å². The number of amides is 1. The van der Waals surface area contributed by atoms with Gasteiger partial charge in [-0.25, -0.2) is 4.98 Å². The van der Waals surface area contributed by atoms with Crippen LogP contribution in [0.25, 0.3) is 10.2 Å². The predicted molar refractivity (Wildman–Crippen MR) is 120 cm³/mol. The molecule has 1 amide bonds. The van der Waals surface area contributed by atoms with E-state index >= 15 is 0 Å². The third-order valence-electron chi connectivity index (χ3n) is 4.86. The largest absolute Gasteiger partial charge is 0.495 e. The maximum Gasteiger partial charge on any atom is 0.278 e. The Hall–Kier alpha value is -3.46. The molecule has 0 fully saturated rings. The Morgan fingerprint density at radius 1 is 1.19 bits per heavy atom. The van der Waals surface area contributed by atoms with Crippen molar-refractivity contribution in [3.63, 3.8) is 0 Å². The van der Waals surface area contributed by atoms with Crippen molar-refractivity contribution in [1.29, 1.82) is 0 Å². The highest BCUT2D eigenvalue weighted by molar-refractivity contribution is 7.22. The molecule has 0 saturated carbocycles. The number of rotatable bonds is 7. The molecule has 0 aliphatic carbocycles. The molecule has 0 bridgehead atoms. The number of methoxy groups -OCH3 is 2. The Morgan fingerprint density at radius 2 is 1.97 bits per heavy atom. The molecule has 0 atom stereocenters. The molecule has 1 aromatic carbocycles. The summed E-state index contributed by atoms with van der Waals surface area (Å²) < 4.78 is 13.5. The summed E-state index contributed by atoms with van der Waals surface area (Å²) in [6.45, 7) is 4.76. The summed E-state index contributed by atoms with van der Waals surface area (Å²) in [4.78, 5) is 24.3. The molecule has 0 aliphatic heterocycles. The smallest absolute Gasteiger partial charge is 0.278 e. The van der Waals surface area contributed by atoms with E-state index in [1.807, 2.05) is 38.1 Å². The van der Waals surface area contributed by atoms with Crippen LogP contribution in [0, 0.1) is 6.92 Å². The van der Waals surface area contributed by atoms with Gasteiger partial charge in [0.05, 0.1) is 26.5 Å². The number of anilines is 1. The molecule has 9 heteroatoms. The molecule has 0 N–H and O–H groups in total. The molecule has 0 spiro atoms. The molecule has 3 heterocycles. The summed E-state index contributed by atoms with van der Waals surface area (Å²) in [5, 5.41) is 4.98. The minimum Gasteiger partial charge on any atom is -0.495 e. The van der Waals surface area contributed by atoms with Gasteiger partial charge in [-0.3, -0.25) is 19.4 Å². The third-order valence-corrected chi connectivity index (χ3v) is 5.95. The Bertz CT molecular complexity index is 1180. The number of hydrogen-bond acceptors (Lipinski definition) is 7. The molecule has 0 saturated heterocycles. The van der Waals surface area contributed by atoms with E-state index in [9.17, 15) is 4.79 Å². The van der Waals surface area contributed by atoms with Crippen molar-refractivity contribution in [3.05, 3.63) is 59.7 Å². The molecule has 3 aromatic heterocycles. The molecule has 4 rings (SSSR count). The summed E-state index contributed by atoms with van der Waals surface area (Å²) in [5.74, 6) is 1.13. The van der Waals surface area contributed by atoms with E-state index in [0.29, 0.717) is 40.9 Å². The topological polar surface area (TPSA) is 82.4 Å². The second kappa shape index (κ2) is 8.73. The number of carbonyl (C=O) groups is 1. The van der Waals surface area contributed by atoms with E-state index in [4.69, 9.17) is 14.5 Å². The molecule has 0 radical (unpaired) electrons. The standard InChI is InChI=1S/C22H23N5O3S/c1-5-27-16(11-14(2)25-27)21(28)26(13-15-7-6-10-23-12-15)22-24-19-17(29-3)8-9-18(30-4)20(19)31-22/h6-12H,5,13H2,1-4H3. The van der Waals surface area contributed by atoms with Gasteiger partial charge < -0.3 is 9.47 Å². The van der Waals surface area contributed by atoms with Crippen LogP contribution in [-0.4, -0.2) is 39.9 Å². The van der Waals surface area contributed by atoms with Gasteiger partial charge in [-0.15, -0.1) is 0 Å². The maximum atomic E-state index is 13.7. The van der Waals surface area contributed by atoms with Crippen molar-refractivity contribution < 1.29 is 14.3 Å². The first kappa shape index (κ1) is 20.8. The van der Waals surface area contributed by atoms with Gasteiger partial charge in [0.1, 0.15) is 27.4 Å². The van der Waals surface area contributed by atoms with E-state index < -0.39 is 0 Å². The molecule has 160 valence electrons. The van der Waals surface area contributed by atoms with Gasteiger partial charge in [-0.1, -0.05) is 17.4 Å². The van der Waals surface area contributed by atoms with Gasteiger partial charge in [0.25, 0.3) is 5.91 Å². The fraction of sp³-hybridized carbons (Fsp3) is 0.273. The first-order valence-electron chi connectivity index (χ1n) is 9.82. The fourth-order valence-electron chi connectivity index (χ4n) is 3.39. The summed E-state index contributed by atoms with van der Waals surface area (Å²) in [6.07, 6.45) is 3.45. The number of ether oxygens (including phenoxy) is 2. The number of nitrogens with zero attached hydrogens (tertiary/aromatic N) is 5. The van der Waals surface area contributed by atoms with Gasteiger partial charge >= 0.3 is 0 Å². The van der Waals surface area contributed by atoms with Gasteiger partial charge in [-0.2, -0.15) is 5.10 Å². The highest BCUT2D eigenvalue weighted by Gasteiger charge is 2.26. The van der Waals surface area contributed by atoms with Crippen LogP contribution in [0.3, 0.4) is 0 Å². The van der Waals surface area contributed by atoms with Crippen LogP contribution >= 0.6 is 11.3 Å². The SMILES string of the molecule is CCn1nc(C)cc1C(=O)N(Cc1cccnc1)c1nc2c(OC)ccc(OC)c2s1. The lowest BCUT2D eigenvalue weighted by Gasteiger charge is -2.20. The second-order valence-electron chi connectivity index (χ2n) is 6.88. The van der Waals surface area contributed by atoms with Crippen molar-refractivity contribution in [3.8, 4) is 11.5 Å². The molecule has 0 unspecified atom stereocenters. The number of aromatic nitrogens is 4. The predicted octanol–water partition coefficient (Wildman–Crippen LogP) is 4.08. The minimum atomic E-state index is -0.178. The average molecular weight is 438 g/mol. The zero-order chi connectivity index (χ0) is 22.0. The highest BCUT2D eigenvalue weighted by Crippen LogP contribution is 2.40. The number of carbonyl (C=O) groups excluding carboxylic acids is 1. The van der Waals surface area contributed by atoms with Crippen LogP contribution in [-0.2, 0) is 13.1 Å². The van der Waals surface area contributed by atoms with Crippen molar-refractivity contribution in [1.82, 2.24) is 19.7 Å². The zero-order valence-electron chi connectivity index (χ0n) is 17.8. The Morgan fingerprint density at radius 3 is 2.65 bits per heavy atom. The normalized spacial score (nSPS) is 11.0. The monoisotopic (exact) mass is 437 g/mol. The summed E-state index contributed by atoms with van der Waals surface area (Å²) in [5.41, 5.74) is 2.86. The zero-order valence-corrected chi connectivity index (χ0v) is 18.6. The van der Waals surface area contributed by atoms with Crippen LogP contribution in [0.5, 0.6) is 11.5 Å². The highest BCUT2D eigenvalue weighted by atomic mass is 32.1. The number of benzene rings is 1. The van der Waals surface area contributed by atoms with Crippen molar-refractivity contribution in [2.24, 2.45) is 0 Å². The molecule has 0 aliphatic rings. The van der Waals surface area contributed by atoms with Gasteiger partial charge in [-0.05, 0) is 43.7 Å². The lowest BCUT2D eigenvalue weighted by Crippen LogP contribution is -2.32. The second-order valence-corrected chi connectivity index (χ2v) is 7.86. The number of thiazole rings is 1. The maximum absolute atomic E-state index is 13.7. The van der Waals surface area contributed by atoms with E-state index in [-0.39, 0.29) is 5.91 Å². The van der Waals surface area contributed by atoms with Crippen molar-refractivity contribution >= 4 is 32.6 Å². The molecule has 31 heavy (non-hydrogen) atoms. The van der Waals surface area contributed by atoms with Crippen molar-refractivity contribution in [2.45, 2.75) is 26.9 Å². The van der Waals surface area contributed by atoms with Crippen LogP contribution in [0.4, 0.5) is 5.13 Å². The first-order chi connectivity index (χ1) is 15.0. The van der Waals surface area contributed by atoms with Crippen molar-refractivity contribution in [2.75, 3.05) is 19.1 Å².